The molecule has 1 aromatic carbocycles. The maximum atomic E-state index is 10.6. The molecule has 1 atom stereocenters. The SMILES string of the molecule is CC.O=S([O-])c1cccs1.[Na+].[Na+].[O-]Sc1cccc2cccnc12. The van der Waals surface area contributed by atoms with E-state index in [0.29, 0.717) is 21.1 Å². The van der Waals surface area contributed by atoms with E-state index >= 15 is 0 Å². The Hall–Kier alpha value is 0.750. The fourth-order valence-electron chi connectivity index (χ4n) is 1.50. The van der Waals surface area contributed by atoms with Crippen LogP contribution in [0.2, 0.25) is 0 Å². The third-order valence-corrected chi connectivity index (χ3v) is 4.68. The number of fused-ring (bicyclic) bond motifs is 1. The summed E-state index contributed by atoms with van der Waals surface area (Å²) >= 11 is -0.325. The summed E-state index contributed by atoms with van der Waals surface area (Å²) in [4.78, 5) is 4.82. The van der Waals surface area contributed by atoms with Gasteiger partial charge >= 0.3 is 59.1 Å². The molecule has 0 bridgehead atoms. The molecule has 0 radical (unpaired) electrons. The van der Waals surface area contributed by atoms with Gasteiger partial charge < -0.3 is 9.11 Å². The normalized spacial score (nSPS) is 10.0. The Morgan fingerprint density at radius 3 is 2.25 bits per heavy atom. The predicted octanol–water partition coefficient (Wildman–Crippen LogP) is -1.52. The maximum Gasteiger partial charge on any atom is 1.00 e. The molecule has 0 saturated heterocycles. The van der Waals surface area contributed by atoms with E-state index in [1.165, 1.54) is 11.3 Å². The van der Waals surface area contributed by atoms with Gasteiger partial charge in [0.25, 0.3) is 0 Å². The van der Waals surface area contributed by atoms with E-state index in [1.807, 2.05) is 38.1 Å². The van der Waals surface area contributed by atoms with Gasteiger partial charge in [-0.15, -0.1) is 11.3 Å². The minimum absolute atomic E-state index is 0. The molecule has 0 saturated carbocycles. The van der Waals surface area contributed by atoms with E-state index in [-0.39, 0.29) is 59.1 Å². The van der Waals surface area contributed by atoms with Crippen LogP contribution in [-0.4, -0.2) is 18.3 Å². The van der Waals surface area contributed by atoms with Gasteiger partial charge in [-0.2, -0.15) is 0 Å². The molecular weight excluding hydrogens is 384 g/mol. The van der Waals surface area contributed by atoms with Crippen molar-refractivity contribution in [3.05, 3.63) is 54.0 Å². The van der Waals surface area contributed by atoms with Crippen LogP contribution in [0.15, 0.2) is 63.1 Å². The molecule has 0 fully saturated rings. The van der Waals surface area contributed by atoms with Crippen molar-refractivity contribution in [2.24, 2.45) is 0 Å². The summed E-state index contributed by atoms with van der Waals surface area (Å²) < 4.78 is 31.2. The summed E-state index contributed by atoms with van der Waals surface area (Å²) in [6.07, 6.45) is 1.70. The molecule has 0 aliphatic heterocycles. The number of benzene rings is 1. The third kappa shape index (κ3) is 8.91. The van der Waals surface area contributed by atoms with Crippen molar-refractivity contribution >= 4 is 45.4 Å². The van der Waals surface area contributed by atoms with Crippen molar-refractivity contribution in [2.75, 3.05) is 0 Å². The second-order valence-corrected chi connectivity index (χ2v) is 6.30. The fourth-order valence-corrected chi connectivity index (χ4v) is 3.00. The number of rotatable bonds is 2. The zero-order valence-corrected chi connectivity index (χ0v) is 20.5. The maximum absolute atomic E-state index is 10.6. The van der Waals surface area contributed by atoms with Crippen LogP contribution in [0, 0.1) is 0 Å². The second kappa shape index (κ2) is 16.0. The minimum Gasteiger partial charge on any atom is -0.795 e. The molecule has 9 heteroatoms. The molecule has 0 aliphatic rings. The van der Waals surface area contributed by atoms with E-state index in [2.05, 4.69) is 4.98 Å². The number of hydrogen-bond donors (Lipinski definition) is 0. The van der Waals surface area contributed by atoms with Gasteiger partial charge in [-0.05, 0) is 34.7 Å². The average Bonchev–Trinajstić information content (AvgIpc) is 3.11. The monoisotopic (exact) mass is 399 g/mol. The van der Waals surface area contributed by atoms with Gasteiger partial charge in [0.1, 0.15) is 0 Å². The van der Waals surface area contributed by atoms with E-state index in [0.717, 1.165) is 10.9 Å². The first-order valence-electron chi connectivity index (χ1n) is 6.48. The first kappa shape index (κ1) is 27.0. The fraction of sp³-hybridized carbons (Fsp3) is 0.133. The van der Waals surface area contributed by atoms with Crippen molar-refractivity contribution in [3.8, 4) is 0 Å². The van der Waals surface area contributed by atoms with Crippen LogP contribution in [0.1, 0.15) is 13.8 Å². The molecule has 4 nitrogen and oxygen atoms in total. The number of thiophene rings is 1. The molecule has 1 unspecified atom stereocenters. The van der Waals surface area contributed by atoms with E-state index in [4.69, 9.17) is 0 Å². The number of pyridine rings is 1. The minimum atomic E-state index is -2.03. The molecule has 24 heavy (non-hydrogen) atoms. The first-order chi connectivity index (χ1) is 10.7. The van der Waals surface area contributed by atoms with Crippen LogP contribution in [0.4, 0.5) is 0 Å². The Morgan fingerprint density at radius 2 is 1.75 bits per heavy atom. The van der Waals surface area contributed by atoms with Gasteiger partial charge in [0.2, 0.25) is 0 Å². The van der Waals surface area contributed by atoms with Crippen LogP contribution in [-0.2, 0) is 11.1 Å². The number of aromatic nitrogens is 1. The van der Waals surface area contributed by atoms with Crippen LogP contribution >= 0.6 is 23.4 Å². The zero-order valence-electron chi connectivity index (χ0n) is 14.1. The van der Waals surface area contributed by atoms with Gasteiger partial charge in [0.15, 0.2) is 0 Å². The largest absolute Gasteiger partial charge is 1.00 e. The summed E-state index contributed by atoms with van der Waals surface area (Å²) in [7, 11) is 0. The van der Waals surface area contributed by atoms with Crippen LogP contribution < -0.4 is 59.1 Å². The first-order valence-corrected chi connectivity index (χ1v) is 9.18. The Balaban J connectivity index is 0. The van der Waals surface area contributed by atoms with Gasteiger partial charge in [0, 0.05) is 16.5 Å². The van der Waals surface area contributed by atoms with Crippen molar-refractivity contribution in [3.63, 3.8) is 0 Å². The predicted molar refractivity (Wildman–Crippen MR) is 91.2 cm³/mol. The summed E-state index contributed by atoms with van der Waals surface area (Å²) in [6.45, 7) is 4.00. The van der Waals surface area contributed by atoms with Crippen molar-refractivity contribution in [1.29, 1.82) is 0 Å². The molecule has 2 aromatic heterocycles. The Kier molecular flexibility index (Phi) is 17.9. The number of nitrogens with zero attached hydrogens (tertiary/aromatic N) is 1. The van der Waals surface area contributed by atoms with E-state index in [9.17, 15) is 13.3 Å². The smallest absolute Gasteiger partial charge is 0.795 e. The molecule has 2 heterocycles. The Bertz CT molecular complexity index is 707. The summed E-state index contributed by atoms with van der Waals surface area (Å²) in [5.41, 5.74) is 0.792. The van der Waals surface area contributed by atoms with Crippen molar-refractivity contribution in [2.45, 2.75) is 23.0 Å². The molecule has 118 valence electrons. The Morgan fingerprint density at radius 1 is 1.08 bits per heavy atom. The average molecular weight is 399 g/mol. The topological polar surface area (TPSA) is 76.1 Å². The molecule has 3 rings (SSSR count). The Labute approximate surface area is 197 Å². The van der Waals surface area contributed by atoms with Crippen LogP contribution in [0.5, 0.6) is 0 Å². The summed E-state index contributed by atoms with van der Waals surface area (Å²) in [6, 6.07) is 12.7. The standard InChI is InChI=1S/C9H7NOS.C4H4O2S2.C2H6.2Na/c11-12-8-5-1-3-7-4-2-6-10-9(7)8;5-8(6)4-2-1-3-7-4;1-2;;/h1-6,11H;1-3H,(H,5,6);1-2H3;;/q;;;2*+1/p-2. The second-order valence-electron chi connectivity index (χ2n) is 3.58. The molecular formula is C15H15NNa2O3S3. The summed E-state index contributed by atoms with van der Waals surface area (Å²) in [5, 5.41) is 2.74. The summed E-state index contributed by atoms with van der Waals surface area (Å²) in [5.74, 6) is 0. The zero-order chi connectivity index (χ0) is 16.4. The molecule has 0 aliphatic carbocycles. The molecule has 3 aromatic rings. The van der Waals surface area contributed by atoms with Crippen molar-refractivity contribution < 1.29 is 72.4 Å². The number of hydrogen-bond acceptors (Lipinski definition) is 6. The van der Waals surface area contributed by atoms with Gasteiger partial charge in [0.05, 0.1) is 9.73 Å². The molecule has 0 spiro atoms. The van der Waals surface area contributed by atoms with E-state index < -0.39 is 11.1 Å². The van der Waals surface area contributed by atoms with Crippen LogP contribution in [0.3, 0.4) is 0 Å². The van der Waals surface area contributed by atoms with E-state index in [1.54, 1.807) is 29.8 Å². The third-order valence-electron chi connectivity index (χ3n) is 2.34. The van der Waals surface area contributed by atoms with Crippen molar-refractivity contribution in [1.82, 2.24) is 4.98 Å². The van der Waals surface area contributed by atoms with Crippen LogP contribution in [0.25, 0.3) is 10.9 Å². The molecule has 0 N–H and O–H groups in total. The number of para-hydroxylation sites is 1. The quantitative estimate of drug-likeness (QED) is 0.297. The van der Waals surface area contributed by atoms with Gasteiger partial charge in [-0.3, -0.25) is 9.19 Å². The van der Waals surface area contributed by atoms with Gasteiger partial charge in [-0.1, -0.05) is 38.1 Å². The van der Waals surface area contributed by atoms with Gasteiger partial charge in [-0.25, -0.2) is 12.0 Å². The molecule has 0 amide bonds.